The Hall–Kier alpha value is -2.78. The number of hydrogen-bond acceptors (Lipinski definition) is 4. The summed E-state index contributed by atoms with van der Waals surface area (Å²) in [5.74, 6) is -0.832. The van der Waals surface area contributed by atoms with E-state index >= 15 is 0 Å². The molecular formula is C18H18BrClN4O4. The van der Waals surface area contributed by atoms with Gasteiger partial charge >= 0.3 is 6.03 Å². The molecule has 0 saturated carbocycles. The Kier molecular flexibility index (Phi) is 7.65. The largest absolute Gasteiger partial charge is 0.496 e. The predicted octanol–water partition coefficient (Wildman–Crippen LogP) is 2.67. The van der Waals surface area contributed by atoms with E-state index < -0.39 is 23.9 Å². The van der Waals surface area contributed by atoms with E-state index in [2.05, 4.69) is 32.1 Å². The van der Waals surface area contributed by atoms with Crippen LogP contribution in [0.25, 0.3) is 0 Å². The Morgan fingerprint density at radius 2 is 1.93 bits per heavy atom. The molecule has 0 aliphatic carbocycles. The van der Waals surface area contributed by atoms with Crippen LogP contribution in [-0.2, 0) is 4.79 Å². The van der Waals surface area contributed by atoms with Gasteiger partial charge in [-0.25, -0.2) is 4.79 Å². The van der Waals surface area contributed by atoms with Crippen molar-refractivity contribution >= 4 is 45.4 Å². The third kappa shape index (κ3) is 6.14. The van der Waals surface area contributed by atoms with Crippen LogP contribution < -0.4 is 26.6 Å². The van der Waals surface area contributed by atoms with Crippen molar-refractivity contribution in [2.45, 2.75) is 12.5 Å². The third-order valence-electron chi connectivity index (χ3n) is 3.68. The van der Waals surface area contributed by atoms with Gasteiger partial charge in [-0.3, -0.25) is 20.4 Å². The van der Waals surface area contributed by atoms with E-state index in [9.17, 15) is 14.4 Å². The van der Waals surface area contributed by atoms with Gasteiger partial charge in [0.2, 0.25) is 5.91 Å². The number of nitrogens with one attached hydrogen (secondary N) is 3. The maximum atomic E-state index is 12.3. The molecular weight excluding hydrogens is 452 g/mol. The van der Waals surface area contributed by atoms with Gasteiger partial charge in [0.15, 0.2) is 0 Å². The second-order valence-electron chi connectivity index (χ2n) is 5.67. The molecule has 5 N–H and O–H groups in total. The summed E-state index contributed by atoms with van der Waals surface area (Å²) in [7, 11) is 1.41. The van der Waals surface area contributed by atoms with Crippen LogP contribution >= 0.6 is 27.5 Å². The van der Waals surface area contributed by atoms with Crippen molar-refractivity contribution in [1.29, 1.82) is 0 Å². The molecule has 0 aliphatic heterocycles. The molecule has 148 valence electrons. The average molecular weight is 470 g/mol. The Labute approximate surface area is 174 Å². The van der Waals surface area contributed by atoms with E-state index in [0.717, 1.165) is 4.47 Å². The quantitative estimate of drug-likeness (QED) is 0.486. The van der Waals surface area contributed by atoms with Crippen LogP contribution in [0.1, 0.15) is 28.4 Å². The van der Waals surface area contributed by atoms with Crippen molar-refractivity contribution in [3.63, 3.8) is 0 Å². The monoisotopic (exact) mass is 468 g/mol. The highest BCUT2D eigenvalue weighted by Gasteiger charge is 2.19. The second kappa shape index (κ2) is 9.95. The van der Waals surface area contributed by atoms with Gasteiger partial charge < -0.3 is 15.8 Å². The standard InChI is InChI=1S/C18H18BrClN4O4/c1-28-15-6-5-12(20)8-13(15)17(26)24-23-16(25)9-14(22-18(21)27)10-3-2-4-11(19)7-10/h2-8,14H,9H2,1H3,(H,23,25)(H,24,26)(H3,21,22,27). The van der Waals surface area contributed by atoms with Crippen molar-refractivity contribution in [1.82, 2.24) is 16.2 Å². The molecule has 4 amide bonds. The Morgan fingerprint density at radius 1 is 1.18 bits per heavy atom. The number of amides is 4. The molecule has 0 bridgehead atoms. The second-order valence-corrected chi connectivity index (χ2v) is 7.02. The molecule has 2 aromatic carbocycles. The number of ether oxygens (including phenoxy) is 1. The number of halogens is 2. The number of hydrogen-bond donors (Lipinski definition) is 4. The lowest BCUT2D eigenvalue weighted by Gasteiger charge is -2.18. The molecule has 0 saturated heterocycles. The molecule has 0 fully saturated rings. The van der Waals surface area contributed by atoms with E-state index in [4.69, 9.17) is 22.1 Å². The summed E-state index contributed by atoms with van der Waals surface area (Å²) in [6.07, 6.45) is -0.146. The molecule has 28 heavy (non-hydrogen) atoms. The summed E-state index contributed by atoms with van der Waals surface area (Å²) in [5, 5.41) is 2.85. The maximum Gasteiger partial charge on any atom is 0.312 e. The Morgan fingerprint density at radius 3 is 2.57 bits per heavy atom. The zero-order valence-electron chi connectivity index (χ0n) is 14.8. The van der Waals surface area contributed by atoms with Gasteiger partial charge in [0.1, 0.15) is 5.75 Å². The van der Waals surface area contributed by atoms with Crippen LogP contribution in [0.3, 0.4) is 0 Å². The van der Waals surface area contributed by atoms with E-state index in [1.54, 1.807) is 30.3 Å². The number of urea groups is 1. The Bertz CT molecular complexity index is 894. The zero-order valence-corrected chi connectivity index (χ0v) is 17.1. The van der Waals surface area contributed by atoms with Crippen molar-refractivity contribution in [3.05, 3.63) is 63.1 Å². The van der Waals surface area contributed by atoms with Gasteiger partial charge in [0.25, 0.3) is 5.91 Å². The highest BCUT2D eigenvalue weighted by molar-refractivity contribution is 9.10. The van der Waals surface area contributed by atoms with Crippen molar-refractivity contribution in [3.8, 4) is 5.75 Å². The molecule has 1 unspecified atom stereocenters. The molecule has 10 heteroatoms. The summed E-state index contributed by atoms with van der Waals surface area (Å²) >= 11 is 9.23. The SMILES string of the molecule is COc1ccc(Cl)cc1C(=O)NNC(=O)CC(NC(N)=O)c1cccc(Br)c1. The lowest BCUT2D eigenvalue weighted by molar-refractivity contribution is -0.122. The lowest BCUT2D eigenvalue weighted by Crippen LogP contribution is -2.44. The van der Waals surface area contributed by atoms with E-state index in [1.807, 2.05) is 6.07 Å². The van der Waals surface area contributed by atoms with E-state index in [1.165, 1.54) is 13.2 Å². The smallest absolute Gasteiger partial charge is 0.312 e. The lowest BCUT2D eigenvalue weighted by atomic mass is 10.0. The topological polar surface area (TPSA) is 123 Å². The first kappa shape index (κ1) is 21.5. The number of benzene rings is 2. The molecule has 0 heterocycles. The van der Waals surface area contributed by atoms with Gasteiger partial charge in [-0.2, -0.15) is 0 Å². The summed E-state index contributed by atoms with van der Waals surface area (Å²) in [5.41, 5.74) is 10.6. The Balaban J connectivity index is 2.04. The van der Waals surface area contributed by atoms with Gasteiger partial charge in [-0.05, 0) is 35.9 Å². The average Bonchev–Trinajstić information content (AvgIpc) is 2.65. The van der Waals surface area contributed by atoms with Crippen LogP contribution in [0.4, 0.5) is 4.79 Å². The molecule has 0 aliphatic rings. The molecule has 2 aromatic rings. The number of rotatable bonds is 6. The van der Waals surface area contributed by atoms with Crippen molar-refractivity contribution in [2.75, 3.05) is 7.11 Å². The molecule has 2 rings (SSSR count). The van der Waals surface area contributed by atoms with Crippen LogP contribution in [0, 0.1) is 0 Å². The van der Waals surface area contributed by atoms with Crippen molar-refractivity contribution in [2.24, 2.45) is 5.73 Å². The highest BCUT2D eigenvalue weighted by atomic mass is 79.9. The van der Waals surface area contributed by atoms with Gasteiger partial charge in [0.05, 0.1) is 25.1 Å². The number of nitrogens with two attached hydrogens (primary N) is 1. The predicted molar refractivity (Wildman–Crippen MR) is 108 cm³/mol. The molecule has 8 nitrogen and oxygen atoms in total. The number of carbonyl (C=O) groups is 3. The van der Waals surface area contributed by atoms with E-state index in [0.29, 0.717) is 16.3 Å². The zero-order chi connectivity index (χ0) is 20.7. The minimum absolute atomic E-state index is 0.146. The molecule has 0 aromatic heterocycles. The number of primary amides is 1. The summed E-state index contributed by atoms with van der Waals surface area (Å²) in [6.45, 7) is 0. The van der Waals surface area contributed by atoms with Crippen LogP contribution in [-0.4, -0.2) is 25.0 Å². The van der Waals surface area contributed by atoms with Crippen LogP contribution in [0.5, 0.6) is 5.75 Å². The first-order chi connectivity index (χ1) is 13.3. The molecule has 0 spiro atoms. The fourth-order valence-corrected chi connectivity index (χ4v) is 3.02. The third-order valence-corrected chi connectivity index (χ3v) is 4.41. The molecule has 0 radical (unpaired) electrons. The summed E-state index contributed by atoms with van der Waals surface area (Å²) < 4.78 is 5.89. The number of hydrazine groups is 1. The minimum Gasteiger partial charge on any atom is -0.496 e. The number of carbonyl (C=O) groups excluding carboxylic acids is 3. The van der Waals surface area contributed by atoms with Crippen LogP contribution in [0.15, 0.2) is 46.9 Å². The van der Waals surface area contributed by atoms with Gasteiger partial charge in [0, 0.05) is 9.50 Å². The number of methoxy groups -OCH3 is 1. The van der Waals surface area contributed by atoms with Crippen LogP contribution in [0.2, 0.25) is 5.02 Å². The van der Waals surface area contributed by atoms with Gasteiger partial charge in [-0.1, -0.05) is 39.7 Å². The summed E-state index contributed by atoms with van der Waals surface area (Å²) in [6, 6.07) is 10.2. The first-order valence-electron chi connectivity index (χ1n) is 8.04. The van der Waals surface area contributed by atoms with E-state index in [-0.39, 0.29) is 12.0 Å². The minimum atomic E-state index is -0.773. The first-order valence-corrected chi connectivity index (χ1v) is 9.21. The highest BCUT2D eigenvalue weighted by Crippen LogP contribution is 2.23. The fraction of sp³-hybridized carbons (Fsp3) is 0.167. The fourth-order valence-electron chi connectivity index (χ4n) is 2.44. The van der Waals surface area contributed by atoms with Crippen molar-refractivity contribution < 1.29 is 19.1 Å². The van der Waals surface area contributed by atoms with Gasteiger partial charge in [-0.15, -0.1) is 0 Å². The maximum absolute atomic E-state index is 12.3. The summed E-state index contributed by atoms with van der Waals surface area (Å²) in [4.78, 5) is 35.8. The normalized spacial score (nSPS) is 11.2. The molecule has 1 atom stereocenters.